The Bertz CT molecular complexity index is 596. The van der Waals surface area contributed by atoms with Crippen molar-refractivity contribution in [3.8, 4) is 11.1 Å². The summed E-state index contributed by atoms with van der Waals surface area (Å²) in [6, 6.07) is 9.40. The number of carbonyl (C=O) groups excluding carboxylic acids is 1. The molecule has 0 radical (unpaired) electrons. The van der Waals surface area contributed by atoms with Crippen LogP contribution in [0.3, 0.4) is 0 Å². The summed E-state index contributed by atoms with van der Waals surface area (Å²) >= 11 is 5.76. The molecule has 0 unspecified atom stereocenters. The second-order valence-corrected chi connectivity index (χ2v) is 4.33. The Morgan fingerprint density at radius 2 is 2.00 bits per heavy atom. The number of aryl methyl sites for hydroxylation is 1. The van der Waals surface area contributed by atoms with E-state index in [1.807, 2.05) is 31.2 Å². The van der Waals surface area contributed by atoms with Crippen molar-refractivity contribution in [3.05, 3.63) is 53.3 Å². The lowest BCUT2D eigenvalue weighted by Crippen LogP contribution is -2.12. The van der Waals surface area contributed by atoms with Crippen molar-refractivity contribution in [2.24, 2.45) is 5.73 Å². The molecule has 3 nitrogen and oxygen atoms in total. The molecular weight excluding hydrogens is 248 g/mol. The molecule has 4 heteroatoms. The minimum atomic E-state index is -0.407. The molecule has 2 N–H and O–H groups in total. The zero-order valence-electron chi connectivity index (χ0n) is 9.98. The van der Waals surface area contributed by atoms with Crippen LogP contribution in [-0.2, 0) is 5.88 Å². The number of rotatable bonds is 3. The minimum absolute atomic E-state index is 0.381. The molecule has 1 aromatic carbocycles. The average molecular weight is 261 g/mol. The molecule has 0 atom stereocenters. The van der Waals surface area contributed by atoms with Gasteiger partial charge in [0.1, 0.15) is 0 Å². The van der Waals surface area contributed by atoms with E-state index in [1.54, 1.807) is 12.3 Å². The molecule has 2 rings (SSSR count). The topological polar surface area (TPSA) is 56.0 Å². The van der Waals surface area contributed by atoms with E-state index < -0.39 is 5.91 Å². The molecule has 2 aromatic rings. The third-order valence-electron chi connectivity index (χ3n) is 2.78. The van der Waals surface area contributed by atoms with Gasteiger partial charge in [0.05, 0.1) is 11.6 Å². The maximum atomic E-state index is 11.2. The molecule has 18 heavy (non-hydrogen) atoms. The van der Waals surface area contributed by atoms with Crippen LogP contribution < -0.4 is 5.73 Å². The summed E-state index contributed by atoms with van der Waals surface area (Å²) in [6.07, 6.45) is 1.73. The van der Waals surface area contributed by atoms with Crippen molar-refractivity contribution in [1.29, 1.82) is 0 Å². The highest BCUT2D eigenvalue weighted by Crippen LogP contribution is 2.22. The van der Waals surface area contributed by atoms with Gasteiger partial charge in [-0.1, -0.05) is 12.1 Å². The monoisotopic (exact) mass is 260 g/mol. The summed E-state index contributed by atoms with van der Waals surface area (Å²) in [5.41, 5.74) is 9.57. The lowest BCUT2D eigenvalue weighted by atomic mass is 10.00. The number of amides is 1. The van der Waals surface area contributed by atoms with Crippen LogP contribution in [0, 0.1) is 6.92 Å². The fourth-order valence-corrected chi connectivity index (χ4v) is 2.00. The smallest absolute Gasteiger partial charge is 0.248 e. The predicted molar refractivity (Wildman–Crippen MR) is 72.5 cm³/mol. The number of aromatic nitrogens is 1. The number of hydrogen-bond donors (Lipinski definition) is 1. The molecule has 0 saturated carbocycles. The zero-order chi connectivity index (χ0) is 13.1. The summed E-state index contributed by atoms with van der Waals surface area (Å²) in [7, 11) is 0. The molecular formula is C14H13ClN2O. The molecule has 0 saturated heterocycles. The van der Waals surface area contributed by atoms with Gasteiger partial charge in [0, 0.05) is 11.8 Å². The molecule has 1 amide bonds. The van der Waals surface area contributed by atoms with E-state index in [4.69, 9.17) is 17.3 Å². The van der Waals surface area contributed by atoms with Crippen molar-refractivity contribution in [1.82, 2.24) is 4.98 Å². The van der Waals surface area contributed by atoms with Crippen LogP contribution in [0.2, 0.25) is 0 Å². The molecule has 1 heterocycles. The van der Waals surface area contributed by atoms with Gasteiger partial charge in [-0.3, -0.25) is 9.78 Å². The molecule has 0 aliphatic heterocycles. The normalized spacial score (nSPS) is 10.3. The first-order chi connectivity index (χ1) is 8.61. The SMILES string of the molecule is Cc1cc(-c2ccnc(CCl)c2)ccc1C(N)=O. The van der Waals surface area contributed by atoms with Crippen LogP contribution in [-0.4, -0.2) is 10.9 Å². The van der Waals surface area contributed by atoms with E-state index in [2.05, 4.69) is 4.98 Å². The van der Waals surface area contributed by atoms with Gasteiger partial charge in [-0.05, 0) is 41.8 Å². The van der Waals surface area contributed by atoms with Crippen LogP contribution in [0.4, 0.5) is 0 Å². The number of pyridine rings is 1. The second kappa shape index (κ2) is 5.19. The van der Waals surface area contributed by atoms with Gasteiger partial charge in [-0.15, -0.1) is 11.6 Å². The Morgan fingerprint density at radius 3 is 2.61 bits per heavy atom. The number of primary amides is 1. The highest BCUT2D eigenvalue weighted by Gasteiger charge is 2.07. The van der Waals surface area contributed by atoms with Crippen LogP contribution in [0.15, 0.2) is 36.5 Å². The number of nitrogens with zero attached hydrogens (tertiary/aromatic N) is 1. The van der Waals surface area contributed by atoms with Crippen LogP contribution in [0.5, 0.6) is 0 Å². The lowest BCUT2D eigenvalue weighted by molar-refractivity contribution is 0.1000. The highest BCUT2D eigenvalue weighted by molar-refractivity contribution is 6.16. The van der Waals surface area contributed by atoms with E-state index in [0.717, 1.165) is 22.4 Å². The van der Waals surface area contributed by atoms with Gasteiger partial charge in [0.2, 0.25) is 5.91 Å². The van der Waals surface area contributed by atoms with Gasteiger partial charge in [0.15, 0.2) is 0 Å². The van der Waals surface area contributed by atoms with Crippen molar-refractivity contribution in [3.63, 3.8) is 0 Å². The first kappa shape index (κ1) is 12.6. The van der Waals surface area contributed by atoms with E-state index in [-0.39, 0.29) is 0 Å². The number of benzene rings is 1. The fraction of sp³-hybridized carbons (Fsp3) is 0.143. The third-order valence-corrected chi connectivity index (χ3v) is 3.05. The summed E-state index contributed by atoms with van der Waals surface area (Å²) in [6.45, 7) is 1.87. The summed E-state index contributed by atoms with van der Waals surface area (Å²) < 4.78 is 0. The molecule has 92 valence electrons. The van der Waals surface area contributed by atoms with Crippen molar-refractivity contribution in [2.75, 3.05) is 0 Å². The first-order valence-corrected chi connectivity index (χ1v) is 6.07. The Labute approximate surface area is 111 Å². The van der Waals surface area contributed by atoms with E-state index in [0.29, 0.717) is 11.4 Å². The molecule has 1 aromatic heterocycles. The summed E-state index contributed by atoms with van der Waals surface area (Å²) in [5, 5.41) is 0. The van der Waals surface area contributed by atoms with Gasteiger partial charge >= 0.3 is 0 Å². The van der Waals surface area contributed by atoms with E-state index in [9.17, 15) is 4.79 Å². The molecule has 0 aliphatic carbocycles. The lowest BCUT2D eigenvalue weighted by Gasteiger charge is -2.07. The van der Waals surface area contributed by atoms with Gasteiger partial charge < -0.3 is 5.73 Å². The third kappa shape index (κ3) is 2.51. The zero-order valence-corrected chi connectivity index (χ0v) is 10.7. The number of hydrogen-bond acceptors (Lipinski definition) is 2. The van der Waals surface area contributed by atoms with Crippen LogP contribution >= 0.6 is 11.6 Å². The van der Waals surface area contributed by atoms with Crippen molar-refractivity contribution < 1.29 is 4.79 Å². The Balaban J connectivity index is 2.45. The maximum Gasteiger partial charge on any atom is 0.248 e. The quantitative estimate of drug-likeness (QED) is 0.863. The number of carbonyl (C=O) groups is 1. The highest BCUT2D eigenvalue weighted by atomic mass is 35.5. The van der Waals surface area contributed by atoms with Gasteiger partial charge in [0.25, 0.3) is 0 Å². The number of nitrogens with two attached hydrogens (primary N) is 1. The average Bonchev–Trinajstić information content (AvgIpc) is 2.38. The molecule has 0 spiro atoms. The minimum Gasteiger partial charge on any atom is -0.366 e. The van der Waals surface area contributed by atoms with Crippen molar-refractivity contribution in [2.45, 2.75) is 12.8 Å². The standard InChI is InChI=1S/C14H13ClN2O/c1-9-6-10(2-3-13(9)14(16)18)11-4-5-17-12(7-11)8-15/h2-7H,8H2,1H3,(H2,16,18). The fourth-order valence-electron chi connectivity index (χ4n) is 1.85. The largest absolute Gasteiger partial charge is 0.366 e. The van der Waals surface area contributed by atoms with Gasteiger partial charge in [-0.2, -0.15) is 0 Å². The first-order valence-electron chi connectivity index (χ1n) is 5.53. The Morgan fingerprint density at radius 1 is 1.28 bits per heavy atom. The van der Waals surface area contributed by atoms with Crippen molar-refractivity contribution >= 4 is 17.5 Å². The predicted octanol–water partition coefficient (Wildman–Crippen LogP) is 2.89. The number of halogens is 1. The number of alkyl halides is 1. The molecule has 0 fully saturated rings. The maximum absolute atomic E-state index is 11.2. The Kier molecular flexibility index (Phi) is 3.63. The summed E-state index contributed by atoms with van der Waals surface area (Å²) in [5.74, 6) is -0.0261. The van der Waals surface area contributed by atoms with E-state index in [1.165, 1.54) is 0 Å². The van der Waals surface area contributed by atoms with Gasteiger partial charge in [-0.25, -0.2) is 0 Å². The van der Waals surface area contributed by atoms with Crippen LogP contribution in [0.25, 0.3) is 11.1 Å². The second-order valence-electron chi connectivity index (χ2n) is 4.06. The molecule has 0 aliphatic rings. The summed E-state index contributed by atoms with van der Waals surface area (Å²) in [4.78, 5) is 15.3. The van der Waals surface area contributed by atoms with Crippen LogP contribution in [0.1, 0.15) is 21.6 Å². The van der Waals surface area contributed by atoms with E-state index >= 15 is 0 Å². The Hall–Kier alpha value is -1.87. The molecule has 0 bridgehead atoms.